The maximum Gasteiger partial charge on any atom is 0.357 e. The number of nitrogens with two attached hydrogens (primary N) is 1. The second-order valence-electron chi connectivity index (χ2n) is 5.14. The van der Waals surface area contributed by atoms with Crippen molar-refractivity contribution in [3.8, 4) is 11.8 Å². The van der Waals surface area contributed by atoms with Gasteiger partial charge in [0.1, 0.15) is 6.07 Å². The Morgan fingerprint density at radius 1 is 1.38 bits per heavy atom. The van der Waals surface area contributed by atoms with Crippen molar-refractivity contribution in [3.63, 3.8) is 0 Å². The summed E-state index contributed by atoms with van der Waals surface area (Å²) < 4.78 is 6.37. The molecular weight excluding hydrogens is 266 g/mol. The largest absolute Gasteiger partial charge is 0.464 e. The van der Waals surface area contributed by atoms with Crippen LogP contribution in [0.15, 0.2) is 30.5 Å². The Balaban J connectivity index is 2.08. The van der Waals surface area contributed by atoms with E-state index < -0.39 is 5.97 Å². The number of hydrogen-bond donors (Lipinski definition) is 1. The van der Waals surface area contributed by atoms with E-state index in [1.54, 1.807) is 10.8 Å². The number of aromatic nitrogens is 1. The molecule has 0 amide bonds. The Morgan fingerprint density at radius 3 is 2.57 bits per heavy atom. The van der Waals surface area contributed by atoms with Crippen LogP contribution in [0.25, 0.3) is 5.69 Å². The number of esters is 1. The normalized spacial score (nSPS) is 13.7. The van der Waals surface area contributed by atoms with Crippen LogP contribution in [-0.4, -0.2) is 17.6 Å². The van der Waals surface area contributed by atoms with Gasteiger partial charge in [-0.15, -0.1) is 0 Å². The number of methoxy groups -OCH3 is 1. The molecular formula is C16H15N3O2. The van der Waals surface area contributed by atoms with E-state index in [2.05, 4.69) is 12.1 Å². The van der Waals surface area contributed by atoms with Gasteiger partial charge in [-0.05, 0) is 36.5 Å². The van der Waals surface area contributed by atoms with Gasteiger partial charge in [-0.3, -0.25) is 0 Å². The van der Waals surface area contributed by atoms with E-state index in [-0.39, 0.29) is 16.9 Å². The maximum absolute atomic E-state index is 11.9. The number of hydrogen-bond acceptors (Lipinski definition) is 4. The molecule has 5 nitrogen and oxygen atoms in total. The lowest BCUT2D eigenvalue weighted by molar-refractivity contribution is 0.0593. The van der Waals surface area contributed by atoms with Crippen LogP contribution in [0, 0.1) is 11.3 Å². The van der Waals surface area contributed by atoms with E-state index in [0.29, 0.717) is 5.92 Å². The topological polar surface area (TPSA) is 81.0 Å². The summed E-state index contributed by atoms with van der Waals surface area (Å²) in [5, 5.41) is 9.09. The fourth-order valence-electron chi connectivity index (χ4n) is 2.44. The molecule has 106 valence electrons. The highest BCUT2D eigenvalue weighted by Gasteiger charge is 2.24. The highest BCUT2D eigenvalue weighted by atomic mass is 16.5. The molecule has 0 radical (unpaired) electrons. The van der Waals surface area contributed by atoms with Crippen molar-refractivity contribution in [1.29, 1.82) is 5.26 Å². The molecule has 0 saturated heterocycles. The maximum atomic E-state index is 11.9. The molecule has 1 aliphatic carbocycles. The Morgan fingerprint density at radius 2 is 2.05 bits per heavy atom. The van der Waals surface area contributed by atoms with Gasteiger partial charge in [-0.25, -0.2) is 4.79 Å². The van der Waals surface area contributed by atoms with E-state index in [4.69, 9.17) is 15.7 Å². The first-order chi connectivity index (χ1) is 10.2. The van der Waals surface area contributed by atoms with E-state index in [0.717, 1.165) is 5.69 Å². The quantitative estimate of drug-likeness (QED) is 0.877. The van der Waals surface area contributed by atoms with Crippen LogP contribution >= 0.6 is 0 Å². The third-order valence-corrected chi connectivity index (χ3v) is 3.76. The van der Waals surface area contributed by atoms with Crippen molar-refractivity contribution >= 4 is 11.7 Å². The van der Waals surface area contributed by atoms with Gasteiger partial charge in [-0.1, -0.05) is 12.1 Å². The first-order valence-electron chi connectivity index (χ1n) is 6.75. The Kier molecular flexibility index (Phi) is 3.15. The molecule has 21 heavy (non-hydrogen) atoms. The van der Waals surface area contributed by atoms with Crippen molar-refractivity contribution < 1.29 is 9.53 Å². The lowest BCUT2D eigenvalue weighted by Gasteiger charge is -2.09. The first-order valence-corrected chi connectivity index (χ1v) is 6.75. The SMILES string of the molecule is COC(=O)c1c(N)c(C#N)cn1-c1ccc(C2CC2)cc1. The smallest absolute Gasteiger partial charge is 0.357 e. The lowest BCUT2D eigenvalue weighted by Crippen LogP contribution is -2.11. The summed E-state index contributed by atoms with van der Waals surface area (Å²) in [5.74, 6) is 0.115. The fourth-order valence-corrected chi connectivity index (χ4v) is 2.44. The summed E-state index contributed by atoms with van der Waals surface area (Å²) >= 11 is 0. The minimum Gasteiger partial charge on any atom is -0.464 e. The summed E-state index contributed by atoms with van der Waals surface area (Å²) in [4.78, 5) is 11.9. The van der Waals surface area contributed by atoms with E-state index in [9.17, 15) is 4.79 Å². The van der Waals surface area contributed by atoms with Gasteiger partial charge < -0.3 is 15.0 Å². The molecule has 2 aromatic rings. The molecule has 0 bridgehead atoms. The monoisotopic (exact) mass is 281 g/mol. The van der Waals surface area contributed by atoms with Gasteiger partial charge in [0.25, 0.3) is 0 Å². The molecule has 2 N–H and O–H groups in total. The fraction of sp³-hybridized carbons (Fsp3) is 0.250. The lowest BCUT2D eigenvalue weighted by atomic mass is 10.1. The number of carbonyl (C=O) groups excluding carboxylic acids is 1. The highest BCUT2D eigenvalue weighted by Crippen LogP contribution is 2.40. The Bertz CT molecular complexity index is 734. The zero-order chi connectivity index (χ0) is 15.0. The number of anilines is 1. The third kappa shape index (κ3) is 2.25. The number of nitrogens with zero attached hydrogens (tertiary/aromatic N) is 2. The van der Waals surface area contributed by atoms with E-state index in [1.807, 2.05) is 18.2 Å². The number of ether oxygens (including phenoxy) is 1. The standard InChI is InChI=1S/C16H15N3O2/c1-21-16(20)15-14(18)12(8-17)9-19(15)13-6-4-11(5-7-13)10-2-3-10/h4-7,9-10H,2-3,18H2,1H3. The molecule has 3 rings (SSSR count). The van der Waals surface area contributed by atoms with Gasteiger partial charge in [0.2, 0.25) is 0 Å². The van der Waals surface area contributed by atoms with Crippen molar-refractivity contribution in [2.45, 2.75) is 18.8 Å². The minimum absolute atomic E-state index is 0.149. The van der Waals surface area contributed by atoms with Crippen molar-refractivity contribution in [2.24, 2.45) is 0 Å². The predicted molar refractivity (Wildman–Crippen MR) is 78.2 cm³/mol. The predicted octanol–water partition coefficient (Wildman–Crippen LogP) is 2.60. The van der Waals surface area contributed by atoms with E-state index >= 15 is 0 Å². The summed E-state index contributed by atoms with van der Waals surface area (Å²) in [5.41, 5.74) is 8.56. The molecule has 5 heteroatoms. The zero-order valence-corrected chi connectivity index (χ0v) is 11.7. The summed E-state index contributed by atoms with van der Waals surface area (Å²) in [6, 6.07) is 9.96. The number of nitrogen functional groups attached to an aromatic ring is 1. The van der Waals surface area contributed by atoms with Crippen LogP contribution in [0.5, 0.6) is 0 Å². The van der Waals surface area contributed by atoms with Crippen molar-refractivity contribution in [2.75, 3.05) is 12.8 Å². The highest BCUT2D eigenvalue weighted by molar-refractivity contribution is 5.95. The van der Waals surface area contributed by atoms with Crippen LogP contribution in [0.4, 0.5) is 5.69 Å². The van der Waals surface area contributed by atoms with Gasteiger partial charge >= 0.3 is 5.97 Å². The van der Waals surface area contributed by atoms with Crippen LogP contribution in [-0.2, 0) is 4.74 Å². The summed E-state index contributed by atoms with van der Waals surface area (Å²) in [6.45, 7) is 0. The minimum atomic E-state index is -0.555. The molecule has 0 aliphatic heterocycles. The second kappa shape index (κ2) is 4.98. The van der Waals surface area contributed by atoms with Gasteiger partial charge in [0.15, 0.2) is 5.69 Å². The summed E-state index contributed by atoms with van der Waals surface area (Å²) in [6.07, 6.45) is 4.04. The Hall–Kier alpha value is -2.74. The van der Waals surface area contributed by atoms with Crippen LogP contribution in [0.2, 0.25) is 0 Å². The van der Waals surface area contributed by atoms with Crippen molar-refractivity contribution in [3.05, 3.63) is 47.3 Å². The molecule has 1 aliphatic rings. The number of carbonyl (C=O) groups is 1. The Labute approximate surface area is 122 Å². The van der Waals surface area contributed by atoms with Crippen molar-refractivity contribution in [1.82, 2.24) is 4.57 Å². The molecule has 1 aromatic carbocycles. The second-order valence-corrected chi connectivity index (χ2v) is 5.14. The van der Waals surface area contributed by atoms with Crippen LogP contribution in [0.1, 0.15) is 40.4 Å². The van der Waals surface area contributed by atoms with Gasteiger partial charge in [0, 0.05) is 11.9 Å². The molecule has 1 fully saturated rings. The number of nitriles is 1. The summed E-state index contributed by atoms with van der Waals surface area (Å²) in [7, 11) is 1.29. The number of benzene rings is 1. The average molecular weight is 281 g/mol. The van der Waals surface area contributed by atoms with E-state index in [1.165, 1.54) is 25.5 Å². The molecule has 0 atom stereocenters. The number of rotatable bonds is 3. The molecule has 0 spiro atoms. The average Bonchev–Trinajstić information content (AvgIpc) is 3.30. The van der Waals surface area contributed by atoms with Gasteiger partial charge in [0.05, 0.1) is 18.4 Å². The van der Waals surface area contributed by atoms with Crippen LogP contribution < -0.4 is 5.73 Å². The third-order valence-electron chi connectivity index (χ3n) is 3.76. The zero-order valence-electron chi connectivity index (χ0n) is 11.7. The molecule has 1 aromatic heterocycles. The van der Waals surface area contributed by atoms with Crippen LogP contribution in [0.3, 0.4) is 0 Å². The molecule has 0 unspecified atom stereocenters. The molecule has 1 heterocycles. The molecule has 1 saturated carbocycles. The first kappa shape index (κ1) is 13.3. The van der Waals surface area contributed by atoms with Gasteiger partial charge in [-0.2, -0.15) is 5.26 Å².